The summed E-state index contributed by atoms with van der Waals surface area (Å²) >= 11 is 4.44. The molecular weight excluding hydrogens is 124 g/mol. The van der Waals surface area contributed by atoms with Crippen molar-refractivity contribution in [1.29, 1.82) is 0 Å². The molecule has 0 bridgehead atoms. The predicted molar refractivity (Wildman–Crippen MR) is 34.6 cm³/mol. The zero-order valence-electron chi connectivity index (χ0n) is 3.87. The molecule has 1 amide bonds. The predicted octanol–water partition coefficient (Wildman–Crippen LogP) is -0.00440. The summed E-state index contributed by atoms with van der Waals surface area (Å²) in [5.41, 5.74) is 0. The molecule has 1 heterocycles. The Balaban J connectivity index is 2.87. The van der Waals surface area contributed by atoms with E-state index in [1.54, 1.807) is 0 Å². The lowest BCUT2D eigenvalue weighted by molar-refractivity contribution is -0.111. The molecule has 0 spiro atoms. The molecule has 40 valence electrons. The van der Waals surface area contributed by atoms with Gasteiger partial charge in [0.1, 0.15) is 0 Å². The molecule has 1 rings (SSSR count). The maximum absolute atomic E-state index is 10.2. The van der Waals surface area contributed by atoms with Crippen LogP contribution in [0.25, 0.3) is 0 Å². The molecule has 4 heteroatoms. The first-order chi connectivity index (χ1) is 3.83. The van der Waals surface area contributed by atoms with Gasteiger partial charge in [-0.15, -0.1) is 0 Å². The number of carbonyl (C=O) groups is 1. The summed E-state index contributed by atoms with van der Waals surface area (Å²) in [7, 11) is 0. The molecule has 0 aromatic rings. The Morgan fingerprint density at radius 3 is 2.75 bits per heavy atom. The van der Waals surface area contributed by atoms with Crippen molar-refractivity contribution in [2.24, 2.45) is 9.98 Å². The van der Waals surface area contributed by atoms with Gasteiger partial charge in [-0.3, -0.25) is 4.79 Å². The van der Waals surface area contributed by atoms with Crippen molar-refractivity contribution in [3.05, 3.63) is 0 Å². The highest BCUT2D eigenvalue weighted by atomic mass is 32.1. The van der Waals surface area contributed by atoms with Crippen molar-refractivity contribution < 1.29 is 4.79 Å². The minimum Gasteiger partial charge on any atom is -0.266 e. The van der Waals surface area contributed by atoms with Crippen LogP contribution < -0.4 is 0 Å². The number of nitrogens with zero attached hydrogens (tertiary/aromatic N) is 2. The van der Waals surface area contributed by atoms with Crippen LogP contribution in [0.1, 0.15) is 0 Å². The Morgan fingerprint density at radius 2 is 2.50 bits per heavy atom. The highest BCUT2D eigenvalue weighted by Crippen LogP contribution is 1.86. The fourth-order valence-electron chi connectivity index (χ4n) is 0.349. The quantitative estimate of drug-likeness (QED) is 0.464. The number of hydrogen-bond donors (Lipinski definition) is 0. The van der Waals surface area contributed by atoms with E-state index in [0.717, 1.165) is 6.21 Å². The van der Waals surface area contributed by atoms with E-state index >= 15 is 0 Å². The van der Waals surface area contributed by atoms with Gasteiger partial charge in [0.05, 0.1) is 6.21 Å². The van der Waals surface area contributed by atoms with Crippen LogP contribution >= 0.6 is 12.2 Å². The number of carbonyl (C=O) groups excluding carboxylic acids is 1. The van der Waals surface area contributed by atoms with Crippen LogP contribution in [0.5, 0.6) is 0 Å². The van der Waals surface area contributed by atoms with Crippen molar-refractivity contribution in [3.63, 3.8) is 0 Å². The molecule has 0 aliphatic carbocycles. The molecular formula is C4H2N2OS. The lowest BCUT2D eigenvalue weighted by atomic mass is 10.7. The van der Waals surface area contributed by atoms with Crippen LogP contribution in [0.4, 0.5) is 0 Å². The Kier molecular flexibility index (Phi) is 1.26. The topological polar surface area (TPSA) is 41.8 Å². The average molecular weight is 126 g/mol. The first kappa shape index (κ1) is 5.24. The van der Waals surface area contributed by atoms with Gasteiger partial charge in [-0.25, -0.2) is 4.99 Å². The molecule has 0 radical (unpaired) electrons. The van der Waals surface area contributed by atoms with E-state index in [1.807, 2.05) is 0 Å². The average Bonchev–Trinajstić information content (AvgIpc) is 2.14. The molecule has 0 atom stereocenters. The Bertz CT molecular complexity index is 194. The van der Waals surface area contributed by atoms with Gasteiger partial charge in [-0.05, 0) is 0 Å². The third-order valence-electron chi connectivity index (χ3n) is 0.637. The lowest BCUT2D eigenvalue weighted by Gasteiger charge is -1.72. The van der Waals surface area contributed by atoms with Gasteiger partial charge < -0.3 is 0 Å². The summed E-state index contributed by atoms with van der Waals surface area (Å²) in [6.45, 7) is 0. The van der Waals surface area contributed by atoms with Crippen LogP contribution in [0.3, 0.4) is 0 Å². The Hall–Kier alpha value is -0.900. The van der Waals surface area contributed by atoms with E-state index in [9.17, 15) is 4.79 Å². The summed E-state index contributed by atoms with van der Waals surface area (Å²) in [5.74, 6) is -0.00824. The second-order valence-corrected chi connectivity index (χ2v) is 1.42. The van der Waals surface area contributed by atoms with E-state index in [-0.39, 0.29) is 5.91 Å². The third-order valence-corrected chi connectivity index (χ3v) is 0.848. The van der Waals surface area contributed by atoms with E-state index in [0.29, 0.717) is 5.84 Å². The van der Waals surface area contributed by atoms with Crippen molar-refractivity contribution in [2.45, 2.75) is 0 Å². The van der Waals surface area contributed by atoms with Gasteiger partial charge in [-0.2, -0.15) is 4.99 Å². The highest BCUT2D eigenvalue weighted by Gasteiger charge is 2.02. The number of rotatable bonds is 1. The van der Waals surface area contributed by atoms with Crippen LogP contribution in [0.2, 0.25) is 0 Å². The Morgan fingerprint density at radius 1 is 1.75 bits per heavy atom. The molecule has 8 heavy (non-hydrogen) atoms. The first-order valence-corrected chi connectivity index (χ1v) is 2.42. The monoisotopic (exact) mass is 126 g/mol. The number of aliphatic imine (C=N–C) groups is 2. The standard InChI is InChI=1S/C4H2N2OS/c7-4-1-5-3(2-8)6-4/h1-2H. The van der Waals surface area contributed by atoms with E-state index in [4.69, 9.17) is 0 Å². The van der Waals surface area contributed by atoms with Crippen molar-refractivity contribution in [1.82, 2.24) is 0 Å². The minimum atomic E-state index is -0.332. The minimum absolute atomic E-state index is 0.324. The summed E-state index contributed by atoms with van der Waals surface area (Å²) in [5, 5.41) is 1.27. The molecule has 1 aliphatic rings. The maximum atomic E-state index is 10.2. The lowest BCUT2D eigenvalue weighted by Crippen LogP contribution is -1.88. The summed E-state index contributed by atoms with van der Waals surface area (Å²) < 4.78 is 0. The van der Waals surface area contributed by atoms with E-state index in [1.165, 1.54) is 5.37 Å². The molecule has 0 N–H and O–H groups in total. The zero-order valence-corrected chi connectivity index (χ0v) is 4.68. The maximum Gasteiger partial charge on any atom is 0.290 e. The molecule has 0 aromatic heterocycles. The first-order valence-electron chi connectivity index (χ1n) is 1.95. The second-order valence-electron chi connectivity index (χ2n) is 1.18. The van der Waals surface area contributed by atoms with Gasteiger partial charge in [0, 0.05) is 5.37 Å². The number of hydrogen-bond acceptors (Lipinski definition) is 3. The molecule has 0 aromatic carbocycles. The Labute approximate surface area is 51.1 Å². The van der Waals surface area contributed by atoms with Gasteiger partial charge in [-0.1, -0.05) is 12.2 Å². The largest absolute Gasteiger partial charge is 0.290 e. The van der Waals surface area contributed by atoms with Gasteiger partial charge >= 0.3 is 0 Å². The molecule has 0 fully saturated rings. The third kappa shape index (κ3) is 0.840. The van der Waals surface area contributed by atoms with Gasteiger partial charge in [0.2, 0.25) is 0 Å². The number of thiocarbonyl (C=S) groups is 1. The SMILES string of the molecule is O=C1C=NC(C=S)=N1. The van der Waals surface area contributed by atoms with Gasteiger partial charge in [0.15, 0.2) is 5.84 Å². The smallest absolute Gasteiger partial charge is 0.266 e. The summed E-state index contributed by atoms with van der Waals surface area (Å²) in [4.78, 5) is 17.2. The van der Waals surface area contributed by atoms with Crippen molar-refractivity contribution in [3.8, 4) is 0 Å². The molecule has 1 aliphatic heterocycles. The summed E-state index contributed by atoms with van der Waals surface area (Å²) in [6, 6.07) is 0. The molecule has 0 unspecified atom stereocenters. The van der Waals surface area contributed by atoms with E-state index in [2.05, 4.69) is 22.2 Å². The number of amides is 1. The second kappa shape index (κ2) is 1.92. The van der Waals surface area contributed by atoms with Crippen LogP contribution in [0, 0.1) is 0 Å². The fourth-order valence-corrected chi connectivity index (χ4v) is 0.462. The van der Waals surface area contributed by atoms with Crippen molar-refractivity contribution >= 4 is 35.5 Å². The zero-order chi connectivity index (χ0) is 5.98. The van der Waals surface area contributed by atoms with Gasteiger partial charge in [0.25, 0.3) is 5.91 Å². The fraction of sp³-hybridized carbons (Fsp3) is 0. The highest BCUT2D eigenvalue weighted by molar-refractivity contribution is 7.80. The molecule has 3 nitrogen and oxygen atoms in total. The normalized spacial score (nSPS) is 16.5. The van der Waals surface area contributed by atoms with Crippen LogP contribution in [0.15, 0.2) is 9.98 Å². The molecule has 0 saturated heterocycles. The van der Waals surface area contributed by atoms with E-state index < -0.39 is 0 Å². The van der Waals surface area contributed by atoms with Crippen LogP contribution in [-0.2, 0) is 4.79 Å². The van der Waals surface area contributed by atoms with Crippen molar-refractivity contribution in [2.75, 3.05) is 0 Å². The number of amidine groups is 1. The van der Waals surface area contributed by atoms with Crippen LogP contribution in [-0.4, -0.2) is 23.3 Å². The molecule has 0 saturated carbocycles. The summed E-state index contributed by atoms with van der Waals surface area (Å²) in [6.07, 6.45) is 1.14.